The summed E-state index contributed by atoms with van der Waals surface area (Å²) < 4.78 is 5.58. The number of phenols is 4. The minimum atomic E-state index is -0.738. The highest BCUT2D eigenvalue weighted by molar-refractivity contribution is 6.01. The van der Waals surface area contributed by atoms with Gasteiger partial charge in [0.25, 0.3) is 0 Å². The fourth-order valence-electron chi connectivity index (χ4n) is 2.38. The highest BCUT2D eigenvalue weighted by Crippen LogP contribution is 2.43. The van der Waals surface area contributed by atoms with Crippen molar-refractivity contribution in [3.05, 3.63) is 41.5 Å². The highest BCUT2D eigenvalue weighted by Gasteiger charge is 2.30. The first-order chi connectivity index (χ1) is 9.94. The normalized spacial score (nSPS) is 17.1. The van der Waals surface area contributed by atoms with Gasteiger partial charge in [0, 0.05) is 17.7 Å². The molecule has 2 aromatic carbocycles. The Morgan fingerprint density at radius 1 is 0.905 bits per heavy atom. The molecule has 1 heterocycles. The molecule has 0 bridgehead atoms. The number of fused-ring (bicyclic) bond motifs is 1. The van der Waals surface area contributed by atoms with Crippen LogP contribution in [-0.4, -0.2) is 26.2 Å². The first-order valence-corrected chi connectivity index (χ1v) is 6.23. The SMILES string of the molecule is O=C1CC(c2cc(O)cc(O)c2)Oc2c(O)cc(O)cc21. The van der Waals surface area contributed by atoms with Crippen LogP contribution in [-0.2, 0) is 0 Å². The van der Waals surface area contributed by atoms with E-state index in [1.165, 1.54) is 18.2 Å². The Balaban J connectivity index is 2.04. The molecule has 0 amide bonds. The minimum Gasteiger partial charge on any atom is -0.508 e. The second-order valence-electron chi connectivity index (χ2n) is 4.86. The molecular weight excluding hydrogens is 276 g/mol. The van der Waals surface area contributed by atoms with Crippen LogP contribution >= 0.6 is 0 Å². The van der Waals surface area contributed by atoms with Gasteiger partial charge in [0.2, 0.25) is 0 Å². The third-order valence-electron chi connectivity index (χ3n) is 3.28. The smallest absolute Gasteiger partial charge is 0.172 e. The van der Waals surface area contributed by atoms with Crippen LogP contribution in [0.25, 0.3) is 0 Å². The summed E-state index contributed by atoms with van der Waals surface area (Å²) in [4.78, 5) is 12.1. The Bertz CT molecular complexity index is 717. The van der Waals surface area contributed by atoms with Crippen molar-refractivity contribution in [2.24, 2.45) is 0 Å². The molecule has 0 spiro atoms. The van der Waals surface area contributed by atoms with Crippen molar-refractivity contribution in [2.75, 3.05) is 0 Å². The summed E-state index contributed by atoms with van der Waals surface area (Å²) in [5.41, 5.74) is 0.520. The minimum absolute atomic E-state index is 0.0168. The van der Waals surface area contributed by atoms with Crippen LogP contribution in [0.1, 0.15) is 28.4 Å². The molecule has 6 heteroatoms. The van der Waals surface area contributed by atoms with Gasteiger partial charge in [0.15, 0.2) is 17.3 Å². The van der Waals surface area contributed by atoms with Gasteiger partial charge in [-0.1, -0.05) is 0 Å². The van der Waals surface area contributed by atoms with Crippen molar-refractivity contribution >= 4 is 5.78 Å². The Morgan fingerprint density at radius 3 is 2.19 bits per heavy atom. The van der Waals surface area contributed by atoms with E-state index in [1.54, 1.807) is 0 Å². The average molecular weight is 288 g/mol. The number of phenolic OH excluding ortho intramolecular Hbond substituents is 4. The molecule has 0 aliphatic carbocycles. The standard InChI is InChI=1S/C15H12O6/c16-8-1-7(2-9(17)3-8)14-6-12(19)11-4-10(18)5-13(20)15(11)21-14/h1-5,14,16-18,20H,6H2. The lowest BCUT2D eigenvalue weighted by atomic mass is 9.95. The molecule has 3 rings (SSSR count). The van der Waals surface area contributed by atoms with Crippen LogP contribution in [0.5, 0.6) is 28.7 Å². The topological polar surface area (TPSA) is 107 Å². The van der Waals surface area contributed by atoms with E-state index in [2.05, 4.69) is 0 Å². The van der Waals surface area contributed by atoms with E-state index in [4.69, 9.17) is 4.74 Å². The Labute approximate surface area is 119 Å². The number of carbonyl (C=O) groups is 1. The van der Waals surface area contributed by atoms with Gasteiger partial charge in [-0.15, -0.1) is 0 Å². The predicted octanol–water partition coefficient (Wildman–Crippen LogP) is 2.22. The van der Waals surface area contributed by atoms with E-state index < -0.39 is 6.10 Å². The number of hydrogen-bond donors (Lipinski definition) is 4. The van der Waals surface area contributed by atoms with E-state index in [1.807, 2.05) is 0 Å². The lowest BCUT2D eigenvalue weighted by molar-refractivity contribution is 0.0840. The fourth-order valence-corrected chi connectivity index (χ4v) is 2.38. The molecule has 1 aliphatic heterocycles. The summed E-state index contributed by atoms with van der Waals surface area (Å²) in [6, 6.07) is 6.22. The number of ether oxygens (including phenoxy) is 1. The summed E-state index contributed by atoms with van der Waals surface area (Å²) in [6.07, 6.45) is -0.767. The average Bonchev–Trinajstić information content (AvgIpc) is 2.38. The summed E-state index contributed by atoms with van der Waals surface area (Å²) in [5, 5.41) is 38.2. The third-order valence-corrected chi connectivity index (χ3v) is 3.28. The fraction of sp³-hybridized carbons (Fsp3) is 0.133. The first kappa shape index (κ1) is 13.1. The van der Waals surface area contributed by atoms with E-state index in [9.17, 15) is 25.2 Å². The molecule has 0 saturated carbocycles. The molecule has 0 saturated heterocycles. The number of carbonyl (C=O) groups excluding carboxylic acids is 1. The van der Waals surface area contributed by atoms with Gasteiger partial charge in [0.05, 0.1) is 12.0 Å². The van der Waals surface area contributed by atoms with Crippen LogP contribution in [0.2, 0.25) is 0 Å². The maximum absolute atomic E-state index is 12.1. The lowest BCUT2D eigenvalue weighted by Crippen LogP contribution is -2.20. The van der Waals surface area contributed by atoms with Gasteiger partial charge >= 0.3 is 0 Å². The van der Waals surface area contributed by atoms with Crippen LogP contribution < -0.4 is 4.74 Å². The van der Waals surface area contributed by atoms with E-state index in [0.29, 0.717) is 5.56 Å². The summed E-state index contributed by atoms with van der Waals surface area (Å²) in [7, 11) is 0. The quantitative estimate of drug-likeness (QED) is 0.641. The number of rotatable bonds is 1. The zero-order chi connectivity index (χ0) is 15.1. The second-order valence-corrected chi connectivity index (χ2v) is 4.86. The molecule has 0 aromatic heterocycles. The van der Waals surface area contributed by atoms with Crippen LogP contribution in [0.15, 0.2) is 30.3 Å². The van der Waals surface area contributed by atoms with Crippen LogP contribution in [0.4, 0.5) is 0 Å². The number of Topliss-reactive ketones (excluding diaryl/α,β-unsaturated/α-hetero) is 1. The molecule has 1 aliphatic rings. The molecule has 0 fully saturated rings. The monoisotopic (exact) mass is 288 g/mol. The molecule has 4 N–H and O–H groups in total. The second kappa shape index (κ2) is 4.59. The van der Waals surface area contributed by atoms with Crippen molar-refractivity contribution in [2.45, 2.75) is 12.5 Å². The molecule has 1 unspecified atom stereocenters. The summed E-state index contributed by atoms with van der Waals surface area (Å²) in [5.74, 6) is -1.19. The largest absolute Gasteiger partial charge is 0.508 e. The first-order valence-electron chi connectivity index (χ1n) is 6.23. The van der Waals surface area contributed by atoms with Crippen molar-refractivity contribution in [1.29, 1.82) is 0 Å². The van der Waals surface area contributed by atoms with Crippen LogP contribution in [0.3, 0.4) is 0 Å². The van der Waals surface area contributed by atoms with Crippen molar-refractivity contribution in [3.63, 3.8) is 0 Å². The van der Waals surface area contributed by atoms with Gasteiger partial charge < -0.3 is 25.2 Å². The zero-order valence-corrected chi connectivity index (χ0v) is 10.8. The molecule has 21 heavy (non-hydrogen) atoms. The van der Waals surface area contributed by atoms with E-state index >= 15 is 0 Å². The Kier molecular flexibility index (Phi) is 2.86. The molecule has 108 valence electrons. The molecule has 0 radical (unpaired) electrons. The Hall–Kier alpha value is -2.89. The summed E-state index contributed by atoms with van der Waals surface area (Å²) in [6.45, 7) is 0. The van der Waals surface area contributed by atoms with Crippen molar-refractivity contribution < 1.29 is 30.0 Å². The number of aromatic hydroxyl groups is 4. The maximum Gasteiger partial charge on any atom is 0.172 e. The number of hydrogen-bond acceptors (Lipinski definition) is 6. The van der Waals surface area contributed by atoms with Crippen molar-refractivity contribution in [1.82, 2.24) is 0 Å². The van der Waals surface area contributed by atoms with Gasteiger partial charge in [-0.25, -0.2) is 0 Å². The number of ketones is 1. The third kappa shape index (κ3) is 2.31. The molecule has 1 atom stereocenters. The summed E-state index contributed by atoms with van der Waals surface area (Å²) >= 11 is 0. The molecular formula is C15H12O6. The van der Waals surface area contributed by atoms with Gasteiger partial charge in [-0.05, 0) is 18.2 Å². The van der Waals surface area contributed by atoms with E-state index in [0.717, 1.165) is 12.1 Å². The van der Waals surface area contributed by atoms with Gasteiger partial charge in [-0.2, -0.15) is 0 Å². The van der Waals surface area contributed by atoms with Crippen LogP contribution in [0, 0.1) is 0 Å². The molecule has 2 aromatic rings. The zero-order valence-electron chi connectivity index (χ0n) is 10.8. The van der Waals surface area contributed by atoms with Gasteiger partial charge in [0.1, 0.15) is 23.4 Å². The van der Waals surface area contributed by atoms with Gasteiger partial charge in [-0.3, -0.25) is 4.79 Å². The predicted molar refractivity (Wildman–Crippen MR) is 71.9 cm³/mol. The highest BCUT2D eigenvalue weighted by atomic mass is 16.5. The molecule has 6 nitrogen and oxygen atoms in total. The van der Waals surface area contributed by atoms with E-state index in [-0.39, 0.29) is 46.5 Å². The maximum atomic E-state index is 12.1. The number of benzene rings is 2. The van der Waals surface area contributed by atoms with Crippen molar-refractivity contribution in [3.8, 4) is 28.7 Å². The Morgan fingerprint density at radius 2 is 1.52 bits per heavy atom. The lowest BCUT2D eigenvalue weighted by Gasteiger charge is -2.26.